The molecule has 0 heterocycles. The number of alkyl halides is 1. The molecular formula is C11H12BrClN2O2. The number of anilines is 1. The summed E-state index contributed by atoms with van der Waals surface area (Å²) >= 11 is 9.09. The molecule has 0 fully saturated rings. The molecule has 1 aromatic rings. The highest BCUT2D eigenvalue weighted by atomic mass is 79.9. The molecule has 0 aliphatic rings. The average Bonchev–Trinajstić information content (AvgIpc) is 2.27. The van der Waals surface area contributed by atoms with E-state index in [1.54, 1.807) is 6.07 Å². The van der Waals surface area contributed by atoms with Gasteiger partial charge in [0, 0.05) is 5.69 Å². The predicted molar refractivity (Wildman–Crippen MR) is 71.6 cm³/mol. The number of nitrogens with one attached hydrogen (secondary N) is 1. The zero-order valence-corrected chi connectivity index (χ0v) is 11.5. The maximum atomic E-state index is 11.6. The van der Waals surface area contributed by atoms with Crippen molar-refractivity contribution >= 4 is 45.0 Å². The van der Waals surface area contributed by atoms with Crippen molar-refractivity contribution in [3.05, 3.63) is 28.8 Å². The number of amides is 2. The van der Waals surface area contributed by atoms with Gasteiger partial charge in [-0.25, -0.2) is 0 Å². The zero-order valence-electron chi connectivity index (χ0n) is 9.17. The monoisotopic (exact) mass is 318 g/mol. The molecule has 0 unspecified atom stereocenters. The first-order valence-corrected chi connectivity index (χ1v) is 6.29. The van der Waals surface area contributed by atoms with Crippen molar-refractivity contribution in [2.24, 2.45) is 5.73 Å². The van der Waals surface area contributed by atoms with Gasteiger partial charge in [-0.2, -0.15) is 0 Å². The number of carbonyl (C=O) groups is 2. The van der Waals surface area contributed by atoms with Crippen LogP contribution in [0.5, 0.6) is 0 Å². The van der Waals surface area contributed by atoms with Crippen LogP contribution in [-0.4, -0.2) is 16.6 Å². The summed E-state index contributed by atoms with van der Waals surface area (Å²) < 4.78 is 0. The fourth-order valence-electron chi connectivity index (χ4n) is 1.20. The Bertz CT molecular complexity index is 451. The molecule has 0 saturated carbocycles. The van der Waals surface area contributed by atoms with E-state index in [0.29, 0.717) is 12.1 Å². The van der Waals surface area contributed by atoms with E-state index in [1.165, 1.54) is 12.1 Å². The first-order valence-electron chi connectivity index (χ1n) is 5.00. The minimum Gasteiger partial charge on any atom is -0.366 e. The van der Waals surface area contributed by atoms with E-state index in [-0.39, 0.29) is 21.3 Å². The van der Waals surface area contributed by atoms with Gasteiger partial charge in [-0.3, -0.25) is 9.59 Å². The number of primary amides is 1. The molecule has 0 aliphatic heterocycles. The largest absolute Gasteiger partial charge is 0.366 e. The Hall–Kier alpha value is -1.07. The summed E-state index contributed by atoms with van der Waals surface area (Å²) in [6.45, 7) is 1.89. The van der Waals surface area contributed by atoms with Crippen molar-refractivity contribution in [1.29, 1.82) is 0 Å². The Kier molecular flexibility index (Phi) is 4.96. The van der Waals surface area contributed by atoms with Gasteiger partial charge in [0.2, 0.25) is 11.8 Å². The van der Waals surface area contributed by atoms with Crippen LogP contribution in [0.3, 0.4) is 0 Å². The molecular weight excluding hydrogens is 307 g/mol. The Morgan fingerprint density at radius 1 is 1.53 bits per heavy atom. The lowest BCUT2D eigenvalue weighted by atomic mass is 10.2. The maximum absolute atomic E-state index is 11.6. The van der Waals surface area contributed by atoms with Crippen molar-refractivity contribution in [3.8, 4) is 0 Å². The first kappa shape index (κ1) is 14.0. The van der Waals surface area contributed by atoms with Gasteiger partial charge < -0.3 is 11.1 Å². The molecule has 1 atom stereocenters. The SMILES string of the molecule is CC[C@@H](Br)C(=O)Nc1ccc(C(N)=O)c(Cl)c1. The van der Waals surface area contributed by atoms with E-state index >= 15 is 0 Å². The highest BCUT2D eigenvalue weighted by Gasteiger charge is 2.13. The summed E-state index contributed by atoms with van der Waals surface area (Å²) in [5.41, 5.74) is 5.88. The van der Waals surface area contributed by atoms with Crippen LogP contribution >= 0.6 is 27.5 Å². The lowest BCUT2D eigenvalue weighted by molar-refractivity contribution is -0.115. The van der Waals surface area contributed by atoms with Crippen LogP contribution in [-0.2, 0) is 4.79 Å². The van der Waals surface area contributed by atoms with Gasteiger partial charge in [-0.15, -0.1) is 0 Å². The Balaban J connectivity index is 2.84. The minimum atomic E-state index is -0.597. The molecule has 92 valence electrons. The number of nitrogens with two attached hydrogens (primary N) is 1. The summed E-state index contributed by atoms with van der Waals surface area (Å²) in [5.74, 6) is -0.754. The number of halogens is 2. The molecule has 0 saturated heterocycles. The van der Waals surface area contributed by atoms with Crippen molar-refractivity contribution in [1.82, 2.24) is 0 Å². The lowest BCUT2D eigenvalue weighted by Crippen LogP contribution is -2.22. The van der Waals surface area contributed by atoms with Crippen LogP contribution in [0.2, 0.25) is 5.02 Å². The van der Waals surface area contributed by atoms with Gasteiger partial charge >= 0.3 is 0 Å². The van der Waals surface area contributed by atoms with Gasteiger partial charge in [0.15, 0.2) is 0 Å². The molecule has 0 radical (unpaired) electrons. The fourth-order valence-corrected chi connectivity index (χ4v) is 1.59. The zero-order chi connectivity index (χ0) is 13.0. The van der Waals surface area contributed by atoms with E-state index in [9.17, 15) is 9.59 Å². The molecule has 1 aromatic carbocycles. The predicted octanol–water partition coefficient (Wildman–Crippen LogP) is 2.55. The number of carbonyl (C=O) groups excluding carboxylic acids is 2. The van der Waals surface area contributed by atoms with Crippen LogP contribution in [0.15, 0.2) is 18.2 Å². The molecule has 0 aliphatic carbocycles. The summed E-state index contributed by atoms with van der Waals surface area (Å²) in [6, 6.07) is 4.56. The Morgan fingerprint density at radius 3 is 2.65 bits per heavy atom. The Morgan fingerprint density at radius 2 is 2.18 bits per heavy atom. The standard InChI is InChI=1S/C11H12BrClN2O2/c1-2-8(12)11(17)15-6-3-4-7(10(14)16)9(13)5-6/h3-5,8H,2H2,1H3,(H2,14,16)(H,15,17)/t8-/m1/s1. The van der Waals surface area contributed by atoms with E-state index in [1.807, 2.05) is 6.92 Å². The molecule has 3 N–H and O–H groups in total. The third-order valence-corrected chi connectivity index (χ3v) is 3.52. The normalized spacial score (nSPS) is 11.9. The second-order valence-corrected chi connectivity index (χ2v) is 4.94. The van der Waals surface area contributed by atoms with Crippen LogP contribution in [0.25, 0.3) is 0 Å². The molecule has 0 spiro atoms. The van der Waals surface area contributed by atoms with E-state index < -0.39 is 5.91 Å². The minimum absolute atomic E-state index is 0.157. The second-order valence-electron chi connectivity index (χ2n) is 3.42. The van der Waals surface area contributed by atoms with Crippen molar-refractivity contribution in [2.75, 3.05) is 5.32 Å². The molecule has 6 heteroatoms. The first-order chi connectivity index (χ1) is 7.95. The summed E-state index contributed by atoms with van der Waals surface area (Å²) in [5, 5.41) is 2.90. The van der Waals surface area contributed by atoms with Gasteiger partial charge in [0.25, 0.3) is 0 Å². The van der Waals surface area contributed by atoms with Gasteiger partial charge in [-0.1, -0.05) is 34.5 Å². The third-order valence-electron chi connectivity index (χ3n) is 2.15. The highest BCUT2D eigenvalue weighted by molar-refractivity contribution is 9.10. The third kappa shape index (κ3) is 3.71. The molecule has 2 amide bonds. The summed E-state index contributed by atoms with van der Waals surface area (Å²) in [6.07, 6.45) is 0.679. The molecule has 0 bridgehead atoms. The Labute approximate surface area is 113 Å². The van der Waals surface area contributed by atoms with Crippen molar-refractivity contribution in [2.45, 2.75) is 18.2 Å². The van der Waals surface area contributed by atoms with Gasteiger partial charge in [-0.05, 0) is 24.6 Å². The quantitative estimate of drug-likeness (QED) is 0.837. The van der Waals surface area contributed by atoms with Crippen LogP contribution in [0, 0.1) is 0 Å². The molecule has 17 heavy (non-hydrogen) atoms. The second kappa shape index (κ2) is 6.02. The van der Waals surface area contributed by atoms with E-state index in [2.05, 4.69) is 21.2 Å². The van der Waals surface area contributed by atoms with Crippen molar-refractivity contribution < 1.29 is 9.59 Å². The average molecular weight is 320 g/mol. The smallest absolute Gasteiger partial charge is 0.250 e. The number of benzene rings is 1. The van der Waals surface area contributed by atoms with Gasteiger partial charge in [0.1, 0.15) is 0 Å². The van der Waals surface area contributed by atoms with Gasteiger partial charge in [0.05, 0.1) is 15.4 Å². The molecule has 1 rings (SSSR count). The van der Waals surface area contributed by atoms with E-state index in [4.69, 9.17) is 17.3 Å². The number of hydrogen-bond donors (Lipinski definition) is 2. The number of rotatable bonds is 4. The van der Waals surface area contributed by atoms with E-state index in [0.717, 1.165) is 0 Å². The summed E-state index contributed by atoms with van der Waals surface area (Å²) in [4.78, 5) is 22.3. The molecule has 0 aromatic heterocycles. The highest BCUT2D eigenvalue weighted by Crippen LogP contribution is 2.21. The van der Waals surface area contributed by atoms with Crippen molar-refractivity contribution in [3.63, 3.8) is 0 Å². The molecule has 4 nitrogen and oxygen atoms in total. The topological polar surface area (TPSA) is 72.2 Å². The summed E-state index contributed by atoms with van der Waals surface area (Å²) in [7, 11) is 0. The number of hydrogen-bond acceptors (Lipinski definition) is 2. The van der Waals surface area contributed by atoms with Crippen LogP contribution in [0.4, 0.5) is 5.69 Å². The lowest BCUT2D eigenvalue weighted by Gasteiger charge is -2.09. The van der Waals surface area contributed by atoms with Crippen LogP contribution in [0.1, 0.15) is 23.7 Å². The van der Waals surface area contributed by atoms with Crippen LogP contribution < -0.4 is 11.1 Å². The maximum Gasteiger partial charge on any atom is 0.250 e. The fraction of sp³-hybridized carbons (Fsp3) is 0.273.